The van der Waals surface area contributed by atoms with Crippen LogP contribution in [0.25, 0.3) is 0 Å². The molecule has 0 saturated heterocycles. The summed E-state index contributed by atoms with van der Waals surface area (Å²) in [5, 5.41) is 3.24. The Bertz CT molecular complexity index is 438. The fourth-order valence-corrected chi connectivity index (χ4v) is 3.90. The highest BCUT2D eigenvalue weighted by molar-refractivity contribution is 5.42. The van der Waals surface area contributed by atoms with E-state index in [1.54, 1.807) is 7.11 Å². The number of hydrogen-bond acceptors (Lipinski definition) is 2. The number of methoxy groups -OCH3 is 1. The lowest BCUT2D eigenvalue weighted by Crippen LogP contribution is -2.67. The van der Waals surface area contributed by atoms with E-state index in [1.165, 1.54) is 6.07 Å². The van der Waals surface area contributed by atoms with Crippen LogP contribution in [0.3, 0.4) is 0 Å². The van der Waals surface area contributed by atoms with Crippen molar-refractivity contribution >= 4 is 0 Å². The third kappa shape index (κ3) is 1.41. The molecular formula is C14H18FNO. The second-order valence-electron chi connectivity index (χ2n) is 5.69. The molecule has 0 spiro atoms. The summed E-state index contributed by atoms with van der Waals surface area (Å²) in [5.74, 6) is 0.491. The van der Waals surface area contributed by atoms with Crippen LogP contribution in [0, 0.1) is 11.2 Å². The standard InChI is InChI=1S/C14H18FNO/c1-16-9-13-6-14(7-13,8-13)11-4-3-10(17-2)5-12(11)15/h3-5,16H,6-9H2,1-2H3. The third-order valence-electron chi connectivity index (χ3n) is 4.44. The minimum absolute atomic E-state index is 0.109. The van der Waals surface area contributed by atoms with Crippen LogP contribution in [-0.2, 0) is 5.41 Å². The number of nitrogens with one attached hydrogen (secondary N) is 1. The van der Waals surface area contributed by atoms with Crippen LogP contribution in [0.1, 0.15) is 24.8 Å². The first-order chi connectivity index (χ1) is 8.13. The maximum absolute atomic E-state index is 14.0. The fraction of sp³-hybridized carbons (Fsp3) is 0.571. The van der Waals surface area contributed by atoms with Crippen LogP contribution in [0.15, 0.2) is 18.2 Å². The normalized spacial score (nSPS) is 33.8. The molecule has 0 unspecified atom stereocenters. The lowest BCUT2D eigenvalue weighted by molar-refractivity contribution is -0.138. The van der Waals surface area contributed by atoms with Crippen LogP contribution < -0.4 is 10.1 Å². The maximum Gasteiger partial charge on any atom is 0.130 e. The molecule has 1 N–H and O–H groups in total. The van der Waals surface area contributed by atoms with Crippen LogP contribution in [0.5, 0.6) is 5.75 Å². The highest BCUT2D eigenvalue weighted by Gasteiger charge is 2.68. The zero-order valence-electron chi connectivity index (χ0n) is 10.3. The van der Waals surface area contributed by atoms with Gasteiger partial charge in [-0.05, 0) is 48.8 Å². The van der Waals surface area contributed by atoms with Crippen molar-refractivity contribution in [2.75, 3.05) is 20.7 Å². The first kappa shape index (κ1) is 11.0. The first-order valence-corrected chi connectivity index (χ1v) is 6.12. The van der Waals surface area contributed by atoms with Gasteiger partial charge in [0.1, 0.15) is 11.6 Å². The van der Waals surface area contributed by atoms with E-state index >= 15 is 0 Å². The lowest BCUT2D eigenvalue weighted by Gasteiger charge is -2.71. The first-order valence-electron chi connectivity index (χ1n) is 6.12. The largest absolute Gasteiger partial charge is 0.497 e. The number of halogens is 1. The molecule has 3 aliphatic carbocycles. The highest BCUT2D eigenvalue weighted by Crippen LogP contribution is 2.73. The smallest absolute Gasteiger partial charge is 0.130 e. The van der Waals surface area contributed by atoms with Crippen molar-refractivity contribution in [1.29, 1.82) is 0 Å². The van der Waals surface area contributed by atoms with E-state index < -0.39 is 0 Å². The van der Waals surface area contributed by atoms with Crippen LogP contribution in [0.4, 0.5) is 4.39 Å². The lowest BCUT2D eigenvalue weighted by atomic mass is 9.33. The summed E-state index contributed by atoms with van der Waals surface area (Å²) in [6.07, 6.45) is 3.39. The second-order valence-corrected chi connectivity index (χ2v) is 5.69. The molecule has 0 heterocycles. The van der Waals surface area contributed by atoms with Crippen molar-refractivity contribution in [3.05, 3.63) is 29.6 Å². The van der Waals surface area contributed by atoms with Crippen LogP contribution >= 0.6 is 0 Å². The van der Waals surface area contributed by atoms with Gasteiger partial charge in [0.2, 0.25) is 0 Å². The molecule has 2 nitrogen and oxygen atoms in total. The van der Waals surface area contributed by atoms with Crippen molar-refractivity contribution in [2.45, 2.75) is 24.7 Å². The molecule has 0 aliphatic heterocycles. The van der Waals surface area contributed by atoms with E-state index in [0.29, 0.717) is 11.2 Å². The molecule has 1 aromatic carbocycles. The Morgan fingerprint density at radius 2 is 2.06 bits per heavy atom. The summed E-state index contributed by atoms with van der Waals surface area (Å²) in [5.41, 5.74) is 1.48. The highest BCUT2D eigenvalue weighted by atomic mass is 19.1. The monoisotopic (exact) mass is 235 g/mol. The topological polar surface area (TPSA) is 21.3 Å². The number of ether oxygens (including phenoxy) is 1. The molecule has 0 radical (unpaired) electrons. The van der Waals surface area contributed by atoms with E-state index in [9.17, 15) is 4.39 Å². The predicted molar refractivity (Wildman–Crippen MR) is 64.8 cm³/mol. The van der Waals surface area contributed by atoms with E-state index in [0.717, 1.165) is 31.4 Å². The van der Waals surface area contributed by atoms with Gasteiger partial charge in [-0.1, -0.05) is 6.07 Å². The molecule has 0 aromatic heterocycles. The fourth-order valence-electron chi connectivity index (χ4n) is 3.90. The van der Waals surface area contributed by atoms with E-state index in [1.807, 2.05) is 19.2 Å². The van der Waals surface area contributed by atoms with E-state index in [-0.39, 0.29) is 11.2 Å². The zero-order valence-corrected chi connectivity index (χ0v) is 10.3. The zero-order chi connectivity index (χ0) is 12.1. The van der Waals surface area contributed by atoms with Gasteiger partial charge in [0.25, 0.3) is 0 Å². The number of benzene rings is 1. The molecule has 1 aromatic rings. The third-order valence-corrected chi connectivity index (χ3v) is 4.44. The summed E-state index contributed by atoms with van der Waals surface area (Å²) < 4.78 is 19.0. The molecular weight excluding hydrogens is 217 g/mol. The molecule has 3 fully saturated rings. The Hall–Kier alpha value is -1.09. The van der Waals surface area contributed by atoms with Gasteiger partial charge in [-0.2, -0.15) is 0 Å². The average Bonchev–Trinajstić information content (AvgIpc) is 2.22. The summed E-state index contributed by atoms with van der Waals surface area (Å²) in [7, 11) is 3.55. The van der Waals surface area contributed by atoms with Crippen molar-refractivity contribution in [2.24, 2.45) is 5.41 Å². The average molecular weight is 235 g/mol. The minimum atomic E-state index is -0.109. The summed E-state index contributed by atoms with van der Waals surface area (Å²) in [6.45, 7) is 1.06. The van der Waals surface area contributed by atoms with Gasteiger partial charge in [0.05, 0.1) is 7.11 Å². The Kier molecular flexibility index (Phi) is 2.24. The molecule has 3 heteroatoms. The molecule has 0 amide bonds. The number of hydrogen-bond donors (Lipinski definition) is 1. The number of rotatable bonds is 4. The maximum atomic E-state index is 14.0. The van der Waals surface area contributed by atoms with Gasteiger partial charge >= 0.3 is 0 Å². The summed E-state index contributed by atoms with van der Waals surface area (Å²) >= 11 is 0. The second kappa shape index (κ2) is 3.45. The summed E-state index contributed by atoms with van der Waals surface area (Å²) in [6, 6.07) is 5.26. The quantitative estimate of drug-likeness (QED) is 0.865. The molecule has 92 valence electrons. The van der Waals surface area contributed by atoms with Crippen molar-refractivity contribution in [1.82, 2.24) is 5.32 Å². The van der Waals surface area contributed by atoms with Gasteiger partial charge < -0.3 is 10.1 Å². The molecule has 3 aliphatic rings. The van der Waals surface area contributed by atoms with Crippen LogP contribution in [-0.4, -0.2) is 20.7 Å². The van der Waals surface area contributed by atoms with Gasteiger partial charge in [-0.25, -0.2) is 4.39 Å². The minimum Gasteiger partial charge on any atom is -0.497 e. The van der Waals surface area contributed by atoms with E-state index in [4.69, 9.17) is 4.74 Å². The van der Waals surface area contributed by atoms with Gasteiger partial charge in [0, 0.05) is 12.6 Å². The molecule has 3 saturated carbocycles. The van der Waals surface area contributed by atoms with Crippen molar-refractivity contribution in [3.8, 4) is 5.75 Å². The molecule has 4 rings (SSSR count). The SMILES string of the molecule is CNCC12CC(c3ccc(OC)cc3F)(C1)C2. The van der Waals surface area contributed by atoms with Gasteiger partial charge in [0.15, 0.2) is 0 Å². The Morgan fingerprint density at radius 3 is 2.59 bits per heavy atom. The molecule has 2 bridgehead atoms. The Labute approximate surface area is 101 Å². The summed E-state index contributed by atoms with van der Waals surface area (Å²) in [4.78, 5) is 0. The van der Waals surface area contributed by atoms with Crippen molar-refractivity contribution < 1.29 is 9.13 Å². The predicted octanol–water partition coefficient (Wildman–Crippen LogP) is 2.48. The van der Waals surface area contributed by atoms with Crippen molar-refractivity contribution in [3.63, 3.8) is 0 Å². The molecule has 0 atom stereocenters. The van der Waals surface area contributed by atoms with E-state index in [2.05, 4.69) is 5.32 Å². The Balaban J connectivity index is 1.80. The van der Waals surface area contributed by atoms with Gasteiger partial charge in [-0.3, -0.25) is 0 Å². The van der Waals surface area contributed by atoms with Crippen LogP contribution in [0.2, 0.25) is 0 Å². The van der Waals surface area contributed by atoms with Gasteiger partial charge in [-0.15, -0.1) is 0 Å². The Morgan fingerprint density at radius 1 is 1.35 bits per heavy atom. The molecule has 17 heavy (non-hydrogen) atoms.